The van der Waals surface area contributed by atoms with Crippen LogP contribution in [0.5, 0.6) is 0 Å². The van der Waals surface area contributed by atoms with Crippen molar-refractivity contribution < 1.29 is 4.20 Å². The van der Waals surface area contributed by atoms with Crippen LogP contribution in [0.1, 0.15) is 0 Å². The predicted molar refractivity (Wildman–Crippen MR) is 19.6 cm³/mol. The van der Waals surface area contributed by atoms with E-state index in [2.05, 4.69) is 0 Å². The van der Waals surface area contributed by atoms with Crippen molar-refractivity contribution in [2.75, 3.05) is 0 Å². The van der Waals surface area contributed by atoms with Crippen LogP contribution in [-0.2, 0) is 0 Å². The van der Waals surface area contributed by atoms with E-state index < -0.39 is 0 Å². The second-order valence-corrected chi connectivity index (χ2v) is 1.07. The van der Waals surface area contributed by atoms with E-state index in [1.807, 2.05) is 0 Å². The number of rotatable bonds is 0. The monoisotopic (exact) mass is 76.0 g/mol. The first-order valence-electron chi connectivity index (χ1n) is 1.00. The molecule has 0 aliphatic carbocycles. The summed E-state index contributed by atoms with van der Waals surface area (Å²) in [4.78, 5) is 0. The quantitative estimate of drug-likeness (QED) is 0.302. The van der Waals surface area contributed by atoms with Gasteiger partial charge in [0.05, 0.1) is 0 Å². The molecule has 0 fully saturated rings. The molecule has 0 unspecified atom stereocenters. The first-order chi connectivity index (χ1) is 1.91. The third-order valence-electron chi connectivity index (χ3n) is 0.0976. The van der Waals surface area contributed by atoms with Gasteiger partial charge in [0.2, 0.25) is 0 Å². The fourth-order valence-electron chi connectivity index (χ4n) is 0. The number of hydrogen-bond donors (Lipinski definition) is 0. The molecule has 0 aromatic carbocycles. The predicted octanol–water partition coefficient (Wildman–Crippen LogP) is 1.48. The first-order valence-corrected chi connectivity index (χ1v) is 1.86. The fourth-order valence-corrected chi connectivity index (χ4v) is 0. The van der Waals surface area contributed by atoms with Crippen LogP contribution in [0, 0.1) is 0 Å². The van der Waals surface area contributed by atoms with E-state index in [1.54, 1.807) is 6.82 Å². The maximum atomic E-state index is 10.6. The summed E-state index contributed by atoms with van der Waals surface area (Å²) in [6, 6.07) is 0. The summed E-state index contributed by atoms with van der Waals surface area (Å²) in [5.74, 6) is 0. The summed E-state index contributed by atoms with van der Waals surface area (Å²) < 4.78 is 10.6. The minimum absolute atomic E-state index is 0.127. The van der Waals surface area contributed by atoms with Crippen LogP contribution in [0.3, 0.4) is 0 Å². The Morgan fingerprint density at radius 1 is 2.00 bits per heavy atom. The van der Waals surface area contributed by atoms with Crippen molar-refractivity contribution in [2.45, 2.75) is 6.82 Å². The van der Waals surface area contributed by atoms with Gasteiger partial charge in [-0.3, -0.25) is 0 Å². The van der Waals surface area contributed by atoms with Crippen LogP contribution in [0.2, 0.25) is 6.82 Å². The Labute approximate surface area is 27.1 Å². The zero-order valence-electron chi connectivity index (χ0n) is 2.40. The van der Waals surface area contributed by atoms with Crippen molar-refractivity contribution in [1.82, 2.24) is 0 Å². The summed E-state index contributed by atoms with van der Waals surface area (Å²) >= 11 is 0. The Hall–Kier alpha value is 0.295. The van der Waals surface area contributed by atoms with Gasteiger partial charge in [0, 0.05) is 0 Å². The van der Waals surface area contributed by atoms with Crippen LogP contribution < -0.4 is 0 Å². The third kappa shape index (κ3) is 2.29. The molecule has 0 aromatic rings. The Bertz CT molecular complexity index is 23.2. The van der Waals surface area contributed by atoms with Gasteiger partial charge < -0.3 is 0 Å². The van der Waals surface area contributed by atoms with Crippen molar-refractivity contribution in [3.05, 3.63) is 0 Å². The van der Waals surface area contributed by atoms with Gasteiger partial charge in [-0.05, 0) is 0 Å². The molecule has 0 N–H and O–H groups in total. The Morgan fingerprint density at radius 2 is 2.25 bits per heavy atom. The minimum atomic E-state index is -0.127. The van der Waals surface area contributed by atoms with Gasteiger partial charge in [-0.25, -0.2) is 0 Å². The second-order valence-electron chi connectivity index (χ2n) is 0.356. The van der Waals surface area contributed by atoms with E-state index >= 15 is 0 Å². The van der Waals surface area contributed by atoms with E-state index in [9.17, 15) is 4.20 Å². The molecule has 0 amide bonds. The van der Waals surface area contributed by atoms with E-state index in [1.165, 1.54) is 6.62 Å². The molecule has 0 spiro atoms. The fraction of sp³-hybridized carbons (Fsp3) is 1.00. The summed E-state index contributed by atoms with van der Waals surface area (Å²) in [7, 11) is -0.127. The van der Waals surface area contributed by atoms with Gasteiger partial charge in [0.25, 0.3) is 0 Å². The zero-order valence-corrected chi connectivity index (χ0v) is 3.30. The van der Waals surface area contributed by atoms with Gasteiger partial charge in [-0.1, -0.05) is 0 Å². The van der Waals surface area contributed by atoms with E-state index in [-0.39, 0.29) is 8.38 Å². The van der Waals surface area contributed by atoms with Crippen LogP contribution in [0.4, 0.5) is 4.20 Å². The molecule has 0 aliphatic rings. The number of halogens is 1. The second kappa shape index (κ2) is 3.29. The van der Waals surface area contributed by atoms with Crippen LogP contribution in [-0.4, -0.2) is 6.62 Å². The zero-order chi connectivity index (χ0) is 3.41. The molecule has 22 valence electrons. The van der Waals surface area contributed by atoms with E-state index in [0.29, 0.717) is 0 Å². The summed E-state index contributed by atoms with van der Waals surface area (Å²) in [5.41, 5.74) is 0. The van der Waals surface area contributed by atoms with E-state index in [4.69, 9.17) is 0 Å². The van der Waals surface area contributed by atoms with Crippen LogP contribution >= 0.6 is 8.38 Å². The van der Waals surface area contributed by atoms with Crippen molar-refractivity contribution in [3.8, 4) is 0 Å². The summed E-state index contributed by atoms with van der Waals surface area (Å²) in [6.45, 7) is 3.10. The Kier molecular flexibility index (Phi) is 3.54. The number of hydrogen-bond acceptors (Lipinski definition) is 0. The topological polar surface area (TPSA) is 0 Å². The van der Waals surface area contributed by atoms with Crippen LogP contribution in [0.15, 0.2) is 0 Å². The molecular formula is CH3BFP. The van der Waals surface area contributed by atoms with E-state index in [0.717, 1.165) is 0 Å². The molecule has 0 saturated heterocycles. The molecule has 0 radical (unpaired) electrons. The Balaban J connectivity index is 2.55. The molecule has 3 heteroatoms. The average molecular weight is 75.8 g/mol. The molecule has 4 heavy (non-hydrogen) atoms. The van der Waals surface area contributed by atoms with Gasteiger partial charge in [-0.2, -0.15) is 0 Å². The van der Waals surface area contributed by atoms with Gasteiger partial charge in [0.1, 0.15) is 0 Å². The van der Waals surface area contributed by atoms with Crippen molar-refractivity contribution in [2.24, 2.45) is 0 Å². The normalized spacial score (nSPS) is 7.50. The standard InChI is InChI=1S/CH3BFP/c1-2-4-3/h1H3. The first kappa shape index (κ1) is 4.29. The molecule has 0 aromatic heterocycles. The molecule has 0 aliphatic heterocycles. The van der Waals surface area contributed by atoms with Crippen LogP contribution in [0.25, 0.3) is 0 Å². The average Bonchev–Trinajstić information content (AvgIpc) is 1.37. The summed E-state index contributed by atoms with van der Waals surface area (Å²) in [6.07, 6.45) is 0. The Morgan fingerprint density at radius 3 is 2.25 bits per heavy atom. The molecule has 0 saturated carbocycles. The molecule has 0 heterocycles. The molecule has 0 atom stereocenters. The van der Waals surface area contributed by atoms with Gasteiger partial charge in [0.15, 0.2) is 0 Å². The van der Waals surface area contributed by atoms with Gasteiger partial charge >= 0.3 is 26.0 Å². The molecule has 0 bridgehead atoms. The summed E-state index contributed by atoms with van der Waals surface area (Å²) in [5, 5.41) is 0. The van der Waals surface area contributed by atoms with Crippen molar-refractivity contribution >= 4 is 15.0 Å². The molecule has 0 nitrogen and oxygen atoms in total. The SMILES string of the molecule is CB=PF. The molecular weight excluding hydrogens is 72.8 g/mol. The van der Waals surface area contributed by atoms with Gasteiger partial charge in [-0.15, -0.1) is 0 Å². The van der Waals surface area contributed by atoms with Crippen molar-refractivity contribution in [3.63, 3.8) is 0 Å². The third-order valence-corrected chi connectivity index (χ3v) is 0.293. The van der Waals surface area contributed by atoms with Crippen molar-refractivity contribution in [1.29, 1.82) is 0 Å². The maximum absolute atomic E-state index is 10.6. The molecule has 0 rings (SSSR count).